The van der Waals surface area contributed by atoms with Crippen molar-refractivity contribution in [3.63, 3.8) is 0 Å². The molecule has 220 valence electrons. The average Bonchev–Trinajstić information content (AvgIpc) is 3.68. The lowest BCUT2D eigenvalue weighted by Gasteiger charge is -2.09. The molecule has 8 rings (SSSR count). The normalized spacial score (nSPS) is 15.4. The molecule has 2 heterocycles. The van der Waals surface area contributed by atoms with Crippen LogP contribution in [-0.2, 0) is 16.2 Å². The molecule has 45 heavy (non-hydrogen) atoms. The molecule has 6 nitrogen and oxygen atoms in total. The van der Waals surface area contributed by atoms with Gasteiger partial charge in [0.1, 0.15) is 0 Å². The third kappa shape index (κ3) is 4.20. The van der Waals surface area contributed by atoms with E-state index < -0.39 is 5.97 Å². The standard InChI is InChI=1S/C39H31N3O3/c1-4-41-35-18-15-26(20-32(35)33-21-31-30(22-38(33)41)23(2)19-34(31)40-45-24(3)43)39(44)25-13-16-27(17-14-25)42-36-11-7-5-9-28(36)29-10-6-8-12-37(29)42/h5-18,20-23H,4,19H2,1-3H3. The van der Waals surface area contributed by atoms with Crippen LogP contribution in [0.3, 0.4) is 0 Å². The summed E-state index contributed by atoms with van der Waals surface area (Å²) in [5, 5.41) is 8.67. The molecule has 1 aliphatic carbocycles. The Morgan fingerprint density at radius 2 is 1.40 bits per heavy atom. The molecule has 0 saturated heterocycles. The Bertz CT molecular complexity index is 2320. The number of rotatable bonds is 5. The molecule has 2 aromatic heterocycles. The van der Waals surface area contributed by atoms with Crippen molar-refractivity contribution in [1.82, 2.24) is 9.13 Å². The van der Waals surface area contributed by atoms with E-state index in [4.69, 9.17) is 4.84 Å². The van der Waals surface area contributed by atoms with E-state index in [1.54, 1.807) is 0 Å². The van der Waals surface area contributed by atoms with Gasteiger partial charge in [-0.15, -0.1) is 0 Å². The smallest absolute Gasteiger partial charge is 0.331 e. The average molecular weight is 590 g/mol. The maximum Gasteiger partial charge on any atom is 0.331 e. The van der Waals surface area contributed by atoms with Gasteiger partial charge in [-0.1, -0.05) is 48.5 Å². The minimum atomic E-state index is -0.432. The van der Waals surface area contributed by atoms with Gasteiger partial charge in [0.15, 0.2) is 5.78 Å². The van der Waals surface area contributed by atoms with Crippen molar-refractivity contribution in [1.29, 1.82) is 0 Å². The van der Waals surface area contributed by atoms with Crippen molar-refractivity contribution in [2.24, 2.45) is 5.16 Å². The summed E-state index contributed by atoms with van der Waals surface area (Å²) >= 11 is 0. The van der Waals surface area contributed by atoms with Gasteiger partial charge in [0.25, 0.3) is 0 Å². The van der Waals surface area contributed by atoms with E-state index >= 15 is 0 Å². The lowest BCUT2D eigenvalue weighted by molar-refractivity contribution is -0.140. The fourth-order valence-corrected chi connectivity index (χ4v) is 7.14. The summed E-state index contributed by atoms with van der Waals surface area (Å²) in [6, 6.07) is 35.1. The zero-order valence-corrected chi connectivity index (χ0v) is 25.4. The van der Waals surface area contributed by atoms with Gasteiger partial charge in [0, 0.05) is 74.8 Å². The monoisotopic (exact) mass is 589 g/mol. The SMILES string of the molecule is CCn1c2ccc(C(=O)c3ccc(-n4c5ccccc5c5ccccc54)cc3)cc2c2cc3c(cc21)C(C)CC3=NOC(C)=O. The summed E-state index contributed by atoms with van der Waals surface area (Å²) < 4.78 is 4.55. The number of nitrogens with zero attached hydrogens (tertiary/aromatic N) is 3. The topological polar surface area (TPSA) is 65.6 Å². The van der Waals surface area contributed by atoms with Gasteiger partial charge in [-0.2, -0.15) is 0 Å². The fourth-order valence-electron chi connectivity index (χ4n) is 7.14. The van der Waals surface area contributed by atoms with Crippen LogP contribution in [0.25, 0.3) is 49.3 Å². The van der Waals surface area contributed by atoms with E-state index in [0.29, 0.717) is 17.5 Å². The highest BCUT2D eigenvalue weighted by Crippen LogP contribution is 2.40. The third-order valence-corrected chi connectivity index (χ3v) is 9.21. The summed E-state index contributed by atoms with van der Waals surface area (Å²) in [5.74, 6) is -0.182. The highest BCUT2D eigenvalue weighted by molar-refractivity contribution is 6.17. The van der Waals surface area contributed by atoms with Crippen LogP contribution in [0.5, 0.6) is 0 Å². The largest absolute Gasteiger partial charge is 0.341 e. The van der Waals surface area contributed by atoms with E-state index in [0.717, 1.165) is 56.3 Å². The van der Waals surface area contributed by atoms with Crippen molar-refractivity contribution in [2.45, 2.75) is 39.7 Å². The van der Waals surface area contributed by atoms with Crippen LogP contribution < -0.4 is 0 Å². The van der Waals surface area contributed by atoms with Crippen LogP contribution in [0.1, 0.15) is 60.2 Å². The van der Waals surface area contributed by atoms with Crippen molar-refractivity contribution in [3.05, 3.63) is 125 Å². The minimum Gasteiger partial charge on any atom is -0.341 e. The fraction of sp³-hybridized carbons (Fsp3) is 0.154. The molecule has 0 radical (unpaired) electrons. The van der Waals surface area contributed by atoms with E-state index in [2.05, 4.69) is 94.9 Å². The molecule has 0 amide bonds. The molecule has 1 aliphatic rings. The number of para-hydroxylation sites is 2. The van der Waals surface area contributed by atoms with Crippen molar-refractivity contribution >= 4 is 61.1 Å². The number of fused-ring (bicyclic) bond motifs is 7. The molecule has 0 bridgehead atoms. The molecule has 0 N–H and O–H groups in total. The summed E-state index contributed by atoms with van der Waals surface area (Å²) in [6.45, 7) is 6.47. The van der Waals surface area contributed by atoms with E-state index in [1.807, 2.05) is 36.4 Å². The lowest BCUT2D eigenvalue weighted by Crippen LogP contribution is -2.02. The number of benzene rings is 5. The molecular formula is C39H31N3O3. The molecule has 1 atom stereocenters. The van der Waals surface area contributed by atoms with E-state index in [1.165, 1.54) is 23.3 Å². The highest BCUT2D eigenvalue weighted by Gasteiger charge is 2.28. The first-order valence-corrected chi connectivity index (χ1v) is 15.4. The molecule has 6 heteroatoms. The van der Waals surface area contributed by atoms with Gasteiger partial charge in [-0.3, -0.25) is 4.79 Å². The predicted octanol–water partition coefficient (Wildman–Crippen LogP) is 8.92. The van der Waals surface area contributed by atoms with Crippen LogP contribution in [0.2, 0.25) is 0 Å². The van der Waals surface area contributed by atoms with Crippen LogP contribution in [0.4, 0.5) is 0 Å². The number of aryl methyl sites for hydroxylation is 1. The van der Waals surface area contributed by atoms with Crippen molar-refractivity contribution in [2.75, 3.05) is 0 Å². The zero-order chi connectivity index (χ0) is 30.8. The summed E-state index contributed by atoms with van der Waals surface area (Å²) in [5.41, 5.74) is 9.77. The third-order valence-electron chi connectivity index (χ3n) is 9.21. The Balaban J connectivity index is 1.20. The second-order valence-corrected chi connectivity index (χ2v) is 11.9. The Hall–Kier alpha value is -5.49. The molecule has 5 aromatic carbocycles. The first-order valence-electron chi connectivity index (χ1n) is 15.4. The van der Waals surface area contributed by atoms with E-state index in [-0.39, 0.29) is 11.7 Å². The number of hydrogen-bond donors (Lipinski definition) is 0. The van der Waals surface area contributed by atoms with Gasteiger partial charge < -0.3 is 14.0 Å². The minimum absolute atomic E-state index is 0.0186. The maximum atomic E-state index is 13.9. The molecule has 1 unspecified atom stereocenters. The van der Waals surface area contributed by atoms with Crippen molar-refractivity contribution in [3.8, 4) is 5.69 Å². The Morgan fingerprint density at radius 3 is 2.07 bits per heavy atom. The number of aromatic nitrogens is 2. The van der Waals surface area contributed by atoms with Gasteiger partial charge >= 0.3 is 5.97 Å². The predicted molar refractivity (Wildman–Crippen MR) is 181 cm³/mol. The first kappa shape index (κ1) is 27.1. The number of ketones is 1. The number of carbonyl (C=O) groups excluding carboxylic acids is 2. The van der Waals surface area contributed by atoms with Crippen LogP contribution in [-0.4, -0.2) is 26.6 Å². The molecule has 0 saturated carbocycles. The van der Waals surface area contributed by atoms with Gasteiger partial charge in [0.2, 0.25) is 0 Å². The number of hydrogen-bond acceptors (Lipinski definition) is 4. The summed E-state index contributed by atoms with van der Waals surface area (Å²) in [4.78, 5) is 30.4. The first-order chi connectivity index (χ1) is 21.9. The van der Waals surface area contributed by atoms with Crippen LogP contribution in [0, 0.1) is 0 Å². The number of oxime groups is 1. The molecule has 0 fully saturated rings. The van der Waals surface area contributed by atoms with Crippen molar-refractivity contribution < 1.29 is 14.4 Å². The lowest BCUT2D eigenvalue weighted by atomic mass is 9.98. The highest BCUT2D eigenvalue weighted by atomic mass is 16.7. The zero-order valence-electron chi connectivity index (χ0n) is 25.4. The van der Waals surface area contributed by atoms with Gasteiger partial charge in [-0.05, 0) is 85.1 Å². The second kappa shape index (κ2) is 10.3. The molecule has 0 spiro atoms. The van der Waals surface area contributed by atoms with Crippen LogP contribution in [0.15, 0.2) is 108 Å². The quantitative estimate of drug-likeness (QED) is 0.114. The second-order valence-electron chi connectivity index (χ2n) is 11.9. The summed E-state index contributed by atoms with van der Waals surface area (Å²) in [6.07, 6.45) is 0.716. The molecule has 0 aliphatic heterocycles. The Labute approximate surface area is 260 Å². The van der Waals surface area contributed by atoms with Gasteiger partial charge in [0.05, 0.1) is 16.7 Å². The van der Waals surface area contributed by atoms with E-state index in [9.17, 15) is 9.59 Å². The number of carbonyl (C=O) groups is 2. The summed E-state index contributed by atoms with van der Waals surface area (Å²) in [7, 11) is 0. The molecular weight excluding hydrogens is 558 g/mol. The molecule has 7 aromatic rings. The Kier molecular flexibility index (Phi) is 6.20. The Morgan fingerprint density at radius 1 is 0.756 bits per heavy atom. The van der Waals surface area contributed by atoms with Gasteiger partial charge in [-0.25, -0.2) is 4.79 Å². The maximum absolute atomic E-state index is 13.9. The van der Waals surface area contributed by atoms with Crippen LogP contribution >= 0.6 is 0 Å².